The summed E-state index contributed by atoms with van der Waals surface area (Å²) >= 11 is 6.03. The molecule has 132 valence electrons. The number of anilines is 1. The van der Waals surface area contributed by atoms with E-state index in [-0.39, 0.29) is 11.8 Å². The molecule has 1 aliphatic rings. The average molecular weight is 362 g/mol. The largest absolute Gasteiger partial charge is 0.472 e. The highest BCUT2D eigenvalue weighted by molar-refractivity contribution is 6.30. The average Bonchev–Trinajstić information content (AvgIpc) is 3.16. The van der Waals surface area contributed by atoms with Gasteiger partial charge < -0.3 is 19.5 Å². The zero-order chi connectivity index (χ0) is 17.6. The van der Waals surface area contributed by atoms with E-state index in [1.54, 1.807) is 6.07 Å². The summed E-state index contributed by atoms with van der Waals surface area (Å²) in [6, 6.07) is 9.33. The van der Waals surface area contributed by atoms with Crippen molar-refractivity contribution in [3.63, 3.8) is 0 Å². The lowest BCUT2D eigenvalue weighted by molar-refractivity contribution is -0.131. The standard InChI is InChI=1S/C18H20ClN3O3/c19-15-2-1-3-16(12-15)21-7-9-22(10-8-21)17(23)4-6-20-18(24)14-5-11-25-13-14/h1-3,5,11-13H,4,6-10H2,(H,20,24). The van der Waals surface area contributed by atoms with Crippen LogP contribution in [0.3, 0.4) is 0 Å². The van der Waals surface area contributed by atoms with Gasteiger partial charge >= 0.3 is 0 Å². The van der Waals surface area contributed by atoms with Crippen LogP contribution in [0.15, 0.2) is 47.3 Å². The number of nitrogens with zero attached hydrogens (tertiary/aromatic N) is 2. The Labute approximate surface area is 151 Å². The normalized spacial score (nSPS) is 14.4. The van der Waals surface area contributed by atoms with E-state index in [0.29, 0.717) is 36.6 Å². The van der Waals surface area contributed by atoms with Crippen LogP contribution in [-0.2, 0) is 4.79 Å². The molecule has 0 atom stereocenters. The van der Waals surface area contributed by atoms with Gasteiger partial charge in [0, 0.05) is 49.9 Å². The van der Waals surface area contributed by atoms with Crippen molar-refractivity contribution >= 4 is 29.1 Å². The summed E-state index contributed by atoms with van der Waals surface area (Å²) < 4.78 is 4.86. The molecule has 2 aromatic rings. The number of amides is 2. The third-order valence-electron chi connectivity index (χ3n) is 4.21. The number of rotatable bonds is 5. The van der Waals surface area contributed by atoms with Crippen molar-refractivity contribution in [3.8, 4) is 0 Å². The number of hydrogen-bond donors (Lipinski definition) is 1. The molecule has 0 bridgehead atoms. The third-order valence-corrected chi connectivity index (χ3v) is 4.45. The number of piperazine rings is 1. The zero-order valence-electron chi connectivity index (χ0n) is 13.8. The van der Waals surface area contributed by atoms with Crippen LogP contribution in [0, 0.1) is 0 Å². The Morgan fingerprint density at radius 2 is 1.96 bits per heavy atom. The van der Waals surface area contributed by atoms with Crippen molar-refractivity contribution in [2.45, 2.75) is 6.42 Å². The second-order valence-corrected chi connectivity index (χ2v) is 6.30. The summed E-state index contributed by atoms with van der Waals surface area (Å²) in [6.45, 7) is 3.19. The molecule has 0 saturated carbocycles. The number of halogens is 1. The lowest BCUT2D eigenvalue weighted by atomic mass is 10.2. The molecule has 0 aliphatic carbocycles. The maximum atomic E-state index is 12.3. The van der Waals surface area contributed by atoms with Crippen LogP contribution in [0.1, 0.15) is 16.8 Å². The van der Waals surface area contributed by atoms with Gasteiger partial charge in [0.25, 0.3) is 5.91 Å². The molecule has 3 rings (SSSR count). The summed E-state index contributed by atoms with van der Waals surface area (Å²) in [5.41, 5.74) is 1.54. The lowest BCUT2D eigenvalue weighted by Gasteiger charge is -2.36. The van der Waals surface area contributed by atoms with Crippen LogP contribution in [0.5, 0.6) is 0 Å². The van der Waals surface area contributed by atoms with Crippen LogP contribution in [0.25, 0.3) is 0 Å². The van der Waals surface area contributed by atoms with Gasteiger partial charge in [-0.3, -0.25) is 9.59 Å². The molecular weight excluding hydrogens is 342 g/mol. The van der Waals surface area contributed by atoms with Crippen LogP contribution in [0.2, 0.25) is 5.02 Å². The molecule has 1 aromatic carbocycles. The monoisotopic (exact) mass is 361 g/mol. The maximum Gasteiger partial charge on any atom is 0.254 e. The van der Waals surface area contributed by atoms with E-state index in [0.717, 1.165) is 18.8 Å². The SMILES string of the molecule is O=C(NCCC(=O)N1CCN(c2cccc(Cl)c2)CC1)c1ccoc1. The van der Waals surface area contributed by atoms with E-state index in [9.17, 15) is 9.59 Å². The summed E-state index contributed by atoms with van der Waals surface area (Å²) in [4.78, 5) is 28.1. The number of benzene rings is 1. The Balaban J connectivity index is 1.41. The van der Waals surface area contributed by atoms with Gasteiger partial charge in [-0.1, -0.05) is 17.7 Å². The van der Waals surface area contributed by atoms with Gasteiger partial charge in [0.05, 0.1) is 11.8 Å². The van der Waals surface area contributed by atoms with Crippen molar-refractivity contribution < 1.29 is 14.0 Å². The molecule has 7 heteroatoms. The van der Waals surface area contributed by atoms with Crippen molar-refractivity contribution in [2.75, 3.05) is 37.6 Å². The minimum atomic E-state index is -0.229. The fourth-order valence-electron chi connectivity index (χ4n) is 2.82. The fourth-order valence-corrected chi connectivity index (χ4v) is 3.01. The minimum absolute atomic E-state index is 0.0539. The van der Waals surface area contributed by atoms with Crippen LogP contribution < -0.4 is 10.2 Å². The molecule has 1 aliphatic heterocycles. The Morgan fingerprint density at radius 3 is 2.64 bits per heavy atom. The van der Waals surface area contributed by atoms with Crippen molar-refractivity contribution in [2.24, 2.45) is 0 Å². The number of hydrogen-bond acceptors (Lipinski definition) is 4. The van der Waals surface area contributed by atoms with Gasteiger partial charge in [0.2, 0.25) is 5.91 Å². The van der Waals surface area contributed by atoms with E-state index < -0.39 is 0 Å². The molecule has 6 nitrogen and oxygen atoms in total. The van der Waals surface area contributed by atoms with Crippen LogP contribution >= 0.6 is 11.6 Å². The van der Waals surface area contributed by atoms with E-state index in [1.807, 2.05) is 29.2 Å². The summed E-state index contributed by atoms with van der Waals surface area (Å²) in [6.07, 6.45) is 3.12. The molecule has 1 N–H and O–H groups in total. The van der Waals surface area contributed by atoms with E-state index in [4.69, 9.17) is 16.0 Å². The van der Waals surface area contributed by atoms with Gasteiger partial charge in [0.1, 0.15) is 6.26 Å². The van der Waals surface area contributed by atoms with E-state index in [1.165, 1.54) is 12.5 Å². The van der Waals surface area contributed by atoms with Gasteiger partial charge in [0.15, 0.2) is 0 Å². The molecular formula is C18H20ClN3O3. The number of nitrogens with one attached hydrogen (secondary N) is 1. The number of carbonyl (C=O) groups is 2. The highest BCUT2D eigenvalue weighted by Gasteiger charge is 2.21. The predicted molar refractivity (Wildman–Crippen MR) is 95.9 cm³/mol. The van der Waals surface area contributed by atoms with Gasteiger partial charge in [-0.15, -0.1) is 0 Å². The minimum Gasteiger partial charge on any atom is -0.472 e. The fraction of sp³-hybridized carbons (Fsp3) is 0.333. The third kappa shape index (κ3) is 4.54. The molecule has 1 saturated heterocycles. The van der Waals surface area contributed by atoms with Gasteiger partial charge in [-0.25, -0.2) is 0 Å². The van der Waals surface area contributed by atoms with Crippen molar-refractivity contribution in [1.29, 1.82) is 0 Å². The Morgan fingerprint density at radius 1 is 1.16 bits per heavy atom. The highest BCUT2D eigenvalue weighted by atomic mass is 35.5. The molecule has 25 heavy (non-hydrogen) atoms. The molecule has 2 heterocycles. The quantitative estimate of drug-likeness (QED) is 0.888. The van der Waals surface area contributed by atoms with E-state index in [2.05, 4.69) is 10.2 Å². The second kappa shape index (κ2) is 8.07. The topological polar surface area (TPSA) is 65.8 Å². The Hall–Kier alpha value is -2.47. The maximum absolute atomic E-state index is 12.3. The second-order valence-electron chi connectivity index (χ2n) is 5.87. The first kappa shape index (κ1) is 17.4. The first-order chi connectivity index (χ1) is 12.1. The zero-order valence-corrected chi connectivity index (χ0v) is 14.5. The van der Waals surface area contributed by atoms with Gasteiger partial charge in [-0.05, 0) is 24.3 Å². The van der Waals surface area contributed by atoms with Gasteiger partial charge in [-0.2, -0.15) is 0 Å². The predicted octanol–water partition coefficient (Wildman–Crippen LogP) is 2.40. The van der Waals surface area contributed by atoms with Crippen molar-refractivity contribution in [3.05, 3.63) is 53.4 Å². The summed E-state index contributed by atoms with van der Waals surface area (Å²) in [7, 11) is 0. The molecule has 2 amide bonds. The number of carbonyl (C=O) groups excluding carboxylic acids is 2. The molecule has 0 spiro atoms. The summed E-state index contributed by atoms with van der Waals surface area (Å²) in [5, 5.41) is 3.44. The first-order valence-corrected chi connectivity index (χ1v) is 8.60. The van der Waals surface area contributed by atoms with Crippen LogP contribution in [0.4, 0.5) is 5.69 Å². The molecule has 1 fully saturated rings. The molecule has 0 radical (unpaired) electrons. The van der Waals surface area contributed by atoms with Crippen LogP contribution in [-0.4, -0.2) is 49.4 Å². The first-order valence-electron chi connectivity index (χ1n) is 8.22. The molecule has 1 aromatic heterocycles. The van der Waals surface area contributed by atoms with E-state index >= 15 is 0 Å². The number of furan rings is 1. The highest BCUT2D eigenvalue weighted by Crippen LogP contribution is 2.20. The lowest BCUT2D eigenvalue weighted by Crippen LogP contribution is -2.49. The van der Waals surface area contributed by atoms with Crippen molar-refractivity contribution in [1.82, 2.24) is 10.2 Å². The summed E-state index contributed by atoms with van der Waals surface area (Å²) in [5.74, 6) is -0.175. The molecule has 0 unspecified atom stereocenters. The Kier molecular flexibility index (Phi) is 5.60. The smallest absolute Gasteiger partial charge is 0.254 e. The Bertz CT molecular complexity index is 725.